The average molecular weight is 362 g/mol. The first-order chi connectivity index (χ1) is 8.76. The van der Waals surface area contributed by atoms with E-state index in [0.29, 0.717) is 6.61 Å². The smallest absolute Gasteiger partial charge is 0.344 e. The molecule has 0 radical (unpaired) electrons. The van der Waals surface area contributed by atoms with E-state index in [-0.39, 0.29) is 12.6 Å². The Labute approximate surface area is 122 Å². The molecule has 0 heterocycles. The molecule has 0 unspecified atom stereocenters. The first-order valence-corrected chi connectivity index (χ1v) is 7.72. The molecule has 1 aromatic carbocycles. The van der Waals surface area contributed by atoms with Crippen LogP contribution in [0.4, 0.5) is 0 Å². The Morgan fingerprint density at radius 1 is 1.33 bits per heavy atom. The highest BCUT2D eigenvalue weighted by Gasteiger charge is 2.03. The third-order valence-electron chi connectivity index (χ3n) is 2.41. The number of rotatable bonds is 8. The SMILES string of the molecule is CCOC(=O)COc1cccc(CCCCI)c1. The van der Waals surface area contributed by atoms with Crippen molar-refractivity contribution >= 4 is 28.6 Å². The van der Waals surface area contributed by atoms with E-state index in [0.717, 1.165) is 12.2 Å². The van der Waals surface area contributed by atoms with Crippen molar-refractivity contribution in [2.45, 2.75) is 26.2 Å². The van der Waals surface area contributed by atoms with Crippen molar-refractivity contribution in [3.8, 4) is 5.75 Å². The largest absolute Gasteiger partial charge is 0.482 e. The highest BCUT2D eigenvalue weighted by Crippen LogP contribution is 2.15. The number of hydrogen-bond acceptors (Lipinski definition) is 3. The van der Waals surface area contributed by atoms with Crippen LogP contribution in [0.25, 0.3) is 0 Å². The number of ether oxygens (including phenoxy) is 2. The van der Waals surface area contributed by atoms with E-state index in [1.54, 1.807) is 6.92 Å². The second-order valence-corrected chi connectivity index (χ2v) is 4.97. The summed E-state index contributed by atoms with van der Waals surface area (Å²) in [4.78, 5) is 11.2. The van der Waals surface area contributed by atoms with Crippen molar-refractivity contribution in [2.75, 3.05) is 17.6 Å². The number of alkyl halides is 1. The topological polar surface area (TPSA) is 35.5 Å². The van der Waals surface area contributed by atoms with Crippen LogP contribution in [0.2, 0.25) is 0 Å². The van der Waals surface area contributed by atoms with Crippen LogP contribution in [-0.4, -0.2) is 23.6 Å². The van der Waals surface area contributed by atoms with E-state index < -0.39 is 0 Å². The molecule has 0 saturated carbocycles. The fourth-order valence-electron chi connectivity index (χ4n) is 1.56. The van der Waals surface area contributed by atoms with Gasteiger partial charge in [-0.1, -0.05) is 34.7 Å². The van der Waals surface area contributed by atoms with Gasteiger partial charge >= 0.3 is 5.97 Å². The van der Waals surface area contributed by atoms with Gasteiger partial charge in [0.1, 0.15) is 5.75 Å². The van der Waals surface area contributed by atoms with Crippen LogP contribution in [-0.2, 0) is 16.0 Å². The second-order valence-electron chi connectivity index (χ2n) is 3.89. The molecule has 0 aliphatic heterocycles. The normalized spacial score (nSPS) is 10.1. The highest BCUT2D eigenvalue weighted by molar-refractivity contribution is 14.1. The summed E-state index contributed by atoms with van der Waals surface area (Å²) in [6.45, 7) is 2.15. The van der Waals surface area contributed by atoms with Crippen molar-refractivity contribution < 1.29 is 14.3 Å². The van der Waals surface area contributed by atoms with Gasteiger partial charge in [-0.25, -0.2) is 4.79 Å². The number of unbranched alkanes of at least 4 members (excludes halogenated alkanes) is 1. The molecule has 1 aromatic rings. The lowest BCUT2D eigenvalue weighted by Gasteiger charge is -2.07. The van der Waals surface area contributed by atoms with Gasteiger partial charge in [-0.05, 0) is 48.3 Å². The molecule has 0 amide bonds. The number of halogens is 1. The third-order valence-corrected chi connectivity index (χ3v) is 3.17. The highest BCUT2D eigenvalue weighted by atomic mass is 127. The summed E-state index contributed by atoms with van der Waals surface area (Å²) in [6, 6.07) is 7.90. The number of esters is 1. The summed E-state index contributed by atoms with van der Waals surface area (Å²) in [6.07, 6.45) is 3.47. The van der Waals surface area contributed by atoms with Gasteiger partial charge in [0.05, 0.1) is 6.61 Å². The fourth-order valence-corrected chi connectivity index (χ4v) is 2.10. The number of benzene rings is 1. The molecule has 1 rings (SSSR count). The van der Waals surface area contributed by atoms with Gasteiger partial charge in [0.25, 0.3) is 0 Å². The maximum Gasteiger partial charge on any atom is 0.344 e. The summed E-state index contributed by atoms with van der Waals surface area (Å²) in [7, 11) is 0. The Morgan fingerprint density at radius 3 is 2.89 bits per heavy atom. The van der Waals surface area contributed by atoms with E-state index >= 15 is 0 Å². The maximum absolute atomic E-state index is 11.2. The van der Waals surface area contributed by atoms with Crippen LogP contribution in [0.15, 0.2) is 24.3 Å². The lowest BCUT2D eigenvalue weighted by atomic mass is 10.1. The Bertz CT molecular complexity index is 366. The Kier molecular flexibility index (Phi) is 7.80. The van der Waals surface area contributed by atoms with Gasteiger partial charge in [0.2, 0.25) is 0 Å². The second kappa shape index (κ2) is 9.19. The zero-order valence-electron chi connectivity index (χ0n) is 10.7. The van der Waals surface area contributed by atoms with Crippen LogP contribution >= 0.6 is 22.6 Å². The van der Waals surface area contributed by atoms with E-state index in [4.69, 9.17) is 9.47 Å². The molecule has 18 heavy (non-hydrogen) atoms. The number of carbonyl (C=O) groups excluding carboxylic acids is 1. The van der Waals surface area contributed by atoms with Gasteiger partial charge in [-0.3, -0.25) is 0 Å². The first kappa shape index (κ1) is 15.3. The Balaban J connectivity index is 2.41. The van der Waals surface area contributed by atoms with Crippen LogP contribution in [0, 0.1) is 0 Å². The van der Waals surface area contributed by atoms with Crippen LogP contribution in [0.5, 0.6) is 5.75 Å². The monoisotopic (exact) mass is 362 g/mol. The van der Waals surface area contributed by atoms with Crippen LogP contribution in [0.1, 0.15) is 25.3 Å². The van der Waals surface area contributed by atoms with Crippen molar-refractivity contribution in [3.63, 3.8) is 0 Å². The Morgan fingerprint density at radius 2 is 2.17 bits per heavy atom. The molecule has 0 N–H and O–H groups in total. The number of aryl methyl sites for hydroxylation is 1. The molecule has 100 valence electrons. The number of carbonyl (C=O) groups is 1. The molecule has 0 aliphatic carbocycles. The lowest BCUT2D eigenvalue weighted by Crippen LogP contribution is -2.14. The maximum atomic E-state index is 11.2. The van der Waals surface area contributed by atoms with Crippen molar-refractivity contribution in [2.24, 2.45) is 0 Å². The minimum absolute atomic E-state index is 0.0228. The van der Waals surface area contributed by atoms with E-state index in [1.807, 2.05) is 18.2 Å². The first-order valence-electron chi connectivity index (χ1n) is 6.19. The zero-order valence-corrected chi connectivity index (χ0v) is 12.8. The molecule has 0 aromatic heterocycles. The van der Waals surface area contributed by atoms with E-state index in [1.165, 1.54) is 22.8 Å². The summed E-state index contributed by atoms with van der Waals surface area (Å²) >= 11 is 2.39. The van der Waals surface area contributed by atoms with Gasteiger partial charge in [-0.15, -0.1) is 0 Å². The van der Waals surface area contributed by atoms with Gasteiger partial charge in [-0.2, -0.15) is 0 Å². The van der Waals surface area contributed by atoms with Crippen LogP contribution in [0.3, 0.4) is 0 Å². The third kappa shape index (κ3) is 6.23. The Hall–Kier alpha value is -0.780. The molecule has 0 atom stereocenters. The molecule has 0 spiro atoms. The molecule has 0 bridgehead atoms. The molecule has 3 nitrogen and oxygen atoms in total. The summed E-state index contributed by atoms with van der Waals surface area (Å²) < 4.78 is 11.4. The van der Waals surface area contributed by atoms with Gasteiger partial charge in [0, 0.05) is 0 Å². The molecule has 4 heteroatoms. The van der Waals surface area contributed by atoms with Crippen molar-refractivity contribution in [1.29, 1.82) is 0 Å². The van der Waals surface area contributed by atoms with Gasteiger partial charge < -0.3 is 9.47 Å². The summed E-state index contributed by atoms with van der Waals surface area (Å²) in [5.41, 5.74) is 1.25. The standard InChI is InChI=1S/C14H19IO3/c1-2-17-14(16)11-18-13-8-5-7-12(10-13)6-3-4-9-15/h5,7-8,10H,2-4,6,9,11H2,1H3. The van der Waals surface area contributed by atoms with Crippen molar-refractivity contribution in [3.05, 3.63) is 29.8 Å². The zero-order chi connectivity index (χ0) is 13.2. The molecular formula is C14H19IO3. The van der Waals surface area contributed by atoms with E-state index in [2.05, 4.69) is 28.7 Å². The van der Waals surface area contributed by atoms with Crippen LogP contribution < -0.4 is 4.74 Å². The predicted octanol–water partition coefficient (Wildman–Crippen LogP) is 3.39. The summed E-state index contributed by atoms with van der Waals surface area (Å²) in [5.74, 6) is 0.405. The minimum atomic E-state index is -0.326. The van der Waals surface area contributed by atoms with Gasteiger partial charge in [0.15, 0.2) is 6.61 Å². The number of hydrogen-bond donors (Lipinski definition) is 0. The summed E-state index contributed by atoms with van der Waals surface area (Å²) in [5, 5.41) is 0. The minimum Gasteiger partial charge on any atom is -0.482 e. The fraction of sp³-hybridized carbons (Fsp3) is 0.500. The molecule has 0 saturated heterocycles. The van der Waals surface area contributed by atoms with Crippen molar-refractivity contribution in [1.82, 2.24) is 0 Å². The lowest BCUT2D eigenvalue weighted by molar-refractivity contribution is -0.145. The molecular weight excluding hydrogens is 343 g/mol. The molecule has 0 aliphatic rings. The molecule has 0 fully saturated rings. The average Bonchev–Trinajstić information content (AvgIpc) is 2.38. The predicted molar refractivity (Wildman–Crippen MR) is 80.4 cm³/mol. The van der Waals surface area contributed by atoms with E-state index in [9.17, 15) is 4.79 Å². The quantitative estimate of drug-likeness (QED) is 0.308.